The molecule has 3 aromatic carbocycles. The van der Waals surface area contributed by atoms with Gasteiger partial charge >= 0.3 is 6.18 Å². The summed E-state index contributed by atoms with van der Waals surface area (Å²) in [5.74, 6) is -4.16. The number of nitrogens with one attached hydrogen (secondary N) is 2. The van der Waals surface area contributed by atoms with Crippen LogP contribution in [0.15, 0.2) is 42.5 Å². The smallest absolute Gasteiger partial charge is 0.383 e. The van der Waals surface area contributed by atoms with Gasteiger partial charge in [-0.2, -0.15) is 18.3 Å². The van der Waals surface area contributed by atoms with E-state index in [2.05, 4.69) is 15.7 Å². The Morgan fingerprint density at radius 3 is 2.55 bits per heavy atom. The van der Waals surface area contributed by atoms with Gasteiger partial charge in [-0.3, -0.25) is 14.3 Å². The first-order valence-corrected chi connectivity index (χ1v) is 11.1. The van der Waals surface area contributed by atoms with E-state index in [1.54, 1.807) is 0 Å². The lowest BCUT2D eigenvalue weighted by atomic mass is 9.91. The molecule has 2 heterocycles. The van der Waals surface area contributed by atoms with Crippen molar-refractivity contribution in [1.29, 1.82) is 0 Å². The number of hydrogen-bond acceptors (Lipinski definition) is 5. The fourth-order valence-electron chi connectivity index (χ4n) is 4.39. The Bertz CT molecular complexity index is 1690. The zero-order valence-corrected chi connectivity index (χ0v) is 19.8. The minimum atomic E-state index is -4.94. The molecule has 0 aliphatic carbocycles. The number of nitrogens with zero attached hydrogens (tertiary/aromatic N) is 2. The molecule has 1 atom stereocenters. The number of rotatable bonds is 3. The highest BCUT2D eigenvalue weighted by Crippen LogP contribution is 2.46. The highest BCUT2D eigenvalue weighted by atomic mass is 35.5. The minimum Gasteiger partial charge on any atom is -0.383 e. The lowest BCUT2D eigenvalue weighted by molar-refractivity contribution is -0.137. The van der Waals surface area contributed by atoms with Crippen LogP contribution in [0.3, 0.4) is 0 Å². The Hall–Kier alpha value is -4.23. The summed E-state index contributed by atoms with van der Waals surface area (Å²) >= 11 is 6.21. The normalized spacial score (nSPS) is 17.0. The molecule has 196 valence electrons. The topological polar surface area (TPSA) is 122 Å². The quantitative estimate of drug-likeness (QED) is 0.283. The van der Waals surface area contributed by atoms with Crippen LogP contribution in [0.1, 0.15) is 37.4 Å². The summed E-state index contributed by atoms with van der Waals surface area (Å²) in [4.78, 5) is 26.2. The minimum absolute atomic E-state index is 0.0177. The number of carbonyl (C=O) groups excluding carboxylic acids is 2. The van der Waals surface area contributed by atoms with E-state index in [9.17, 15) is 36.6 Å². The highest BCUT2D eigenvalue weighted by Gasteiger charge is 2.48. The first kappa shape index (κ1) is 25.4. The molecular formula is C24H15ClF5N5O3. The Labute approximate surface area is 214 Å². The third kappa shape index (κ3) is 3.90. The van der Waals surface area contributed by atoms with Crippen molar-refractivity contribution in [3.8, 4) is 0 Å². The van der Waals surface area contributed by atoms with Crippen LogP contribution in [0.5, 0.6) is 0 Å². The van der Waals surface area contributed by atoms with Crippen molar-refractivity contribution in [3.63, 3.8) is 0 Å². The van der Waals surface area contributed by atoms with Gasteiger partial charge in [0.15, 0.2) is 5.72 Å². The summed E-state index contributed by atoms with van der Waals surface area (Å²) in [5.41, 5.74) is 0.300. The molecule has 5 rings (SSSR count). The molecule has 38 heavy (non-hydrogen) atoms. The third-order valence-electron chi connectivity index (χ3n) is 6.11. The zero-order chi connectivity index (χ0) is 27.7. The van der Waals surface area contributed by atoms with Crippen LogP contribution < -0.4 is 16.4 Å². The molecule has 2 amide bonds. The van der Waals surface area contributed by atoms with Crippen molar-refractivity contribution < 1.29 is 36.6 Å². The molecule has 1 aromatic heterocycles. The Morgan fingerprint density at radius 2 is 1.87 bits per heavy atom. The molecule has 1 aliphatic heterocycles. The number of halogens is 6. The second-order valence-corrected chi connectivity index (χ2v) is 8.96. The van der Waals surface area contributed by atoms with E-state index >= 15 is 0 Å². The van der Waals surface area contributed by atoms with Crippen molar-refractivity contribution in [1.82, 2.24) is 15.1 Å². The van der Waals surface area contributed by atoms with E-state index < -0.39 is 46.5 Å². The van der Waals surface area contributed by atoms with Gasteiger partial charge in [-0.05, 0) is 42.5 Å². The summed E-state index contributed by atoms with van der Waals surface area (Å²) in [5, 5.41) is 20.5. The number of hydrogen-bond donors (Lipinski definition) is 4. The first-order chi connectivity index (χ1) is 17.7. The third-order valence-corrected chi connectivity index (χ3v) is 6.44. The summed E-state index contributed by atoms with van der Waals surface area (Å²) in [7, 11) is 1.47. The molecule has 8 nitrogen and oxygen atoms in total. The Morgan fingerprint density at radius 1 is 1.16 bits per heavy atom. The van der Waals surface area contributed by atoms with Crippen LogP contribution in [-0.2, 0) is 18.9 Å². The molecule has 4 aromatic rings. The molecule has 0 saturated carbocycles. The van der Waals surface area contributed by atoms with Gasteiger partial charge in [-0.15, -0.1) is 0 Å². The van der Waals surface area contributed by atoms with Gasteiger partial charge in [0.25, 0.3) is 11.8 Å². The second kappa shape index (κ2) is 8.39. The van der Waals surface area contributed by atoms with E-state index in [-0.39, 0.29) is 50.2 Å². The largest absolute Gasteiger partial charge is 0.416 e. The van der Waals surface area contributed by atoms with Crippen molar-refractivity contribution >= 4 is 45.8 Å². The molecule has 0 bridgehead atoms. The number of benzene rings is 3. The van der Waals surface area contributed by atoms with Gasteiger partial charge in [0.2, 0.25) is 0 Å². The predicted molar refractivity (Wildman–Crippen MR) is 126 cm³/mol. The molecule has 0 spiro atoms. The first-order valence-electron chi connectivity index (χ1n) is 10.7. The number of amides is 2. The highest BCUT2D eigenvalue weighted by molar-refractivity contribution is 6.31. The maximum atomic E-state index is 14.1. The molecule has 0 radical (unpaired) electrons. The molecule has 5 N–H and O–H groups in total. The number of carbonyl (C=O) groups is 2. The summed E-state index contributed by atoms with van der Waals surface area (Å²) < 4.78 is 68.9. The van der Waals surface area contributed by atoms with Gasteiger partial charge < -0.3 is 21.5 Å². The van der Waals surface area contributed by atoms with E-state index in [0.717, 1.165) is 18.2 Å². The number of nitrogens with two attached hydrogens (primary N) is 1. The van der Waals surface area contributed by atoms with Crippen molar-refractivity contribution in [2.75, 3.05) is 11.1 Å². The van der Waals surface area contributed by atoms with Crippen molar-refractivity contribution in [3.05, 3.63) is 86.9 Å². The van der Waals surface area contributed by atoms with Crippen LogP contribution in [0, 0.1) is 11.6 Å². The van der Waals surface area contributed by atoms with Crippen LogP contribution in [0.4, 0.5) is 33.5 Å². The summed E-state index contributed by atoms with van der Waals surface area (Å²) in [6, 6.07) is 5.49. The van der Waals surface area contributed by atoms with Crippen LogP contribution >= 0.6 is 11.6 Å². The van der Waals surface area contributed by atoms with E-state index in [1.165, 1.54) is 17.8 Å². The average molecular weight is 552 g/mol. The number of aromatic nitrogens is 2. The van der Waals surface area contributed by atoms with E-state index in [4.69, 9.17) is 17.3 Å². The van der Waals surface area contributed by atoms with Gasteiger partial charge in [-0.25, -0.2) is 8.78 Å². The van der Waals surface area contributed by atoms with E-state index in [0.29, 0.717) is 12.1 Å². The molecule has 0 fully saturated rings. The van der Waals surface area contributed by atoms with Crippen LogP contribution in [-0.4, -0.2) is 26.7 Å². The summed E-state index contributed by atoms with van der Waals surface area (Å²) in [6.45, 7) is 0. The number of nitrogen functional groups attached to an aromatic ring is 1. The fraction of sp³-hybridized carbons (Fsp3) is 0.125. The Kier molecular flexibility index (Phi) is 5.62. The monoisotopic (exact) mass is 551 g/mol. The molecule has 14 heteroatoms. The molecule has 0 saturated heterocycles. The average Bonchev–Trinajstić information content (AvgIpc) is 3.27. The van der Waals surface area contributed by atoms with Crippen LogP contribution in [0.2, 0.25) is 5.02 Å². The van der Waals surface area contributed by atoms with Gasteiger partial charge in [0.05, 0.1) is 16.8 Å². The number of alkyl halides is 3. The van der Waals surface area contributed by atoms with Gasteiger partial charge in [0, 0.05) is 34.1 Å². The maximum Gasteiger partial charge on any atom is 0.416 e. The van der Waals surface area contributed by atoms with Crippen molar-refractivity contribution in [2.45, 2.75) is 11.9 Å². The zero-order valence-electron chi connectivity index (χ0n) is 19.0. The SMILES string of the molecule is Cn1nc2c3c(c(NC(=O)c4cc(F)cc(C(F)(F)F)c4)cc2c1N)C(O)(c1cc(F)ccc1Cl)NC3=O. The number of aliphatic hydroxyl groups is 1. The fourth-order valence-corrected chi connectivity index (χ4v) is 4.64. The molecule has 1 aliphatic rings. The number of anilines is 2. The Balaban J connectivity index is 1.74. The lowest BCUT2D eigenvalue weighted by Crippen LogP contribution is -2.41. The van der Waals surface area contributed by atoms with Gasteiger partial charge in [-0.1, -0.05) is 11.6 Å². The molecule has 1 unspecified atom stereocenters. The molecular weight excluding hydrogens is 537 g/mol. The predicted octanol–water partition coefficient (Wildman–Crippen LogP) is 4.30. The number of fused-ring (bicyclic) bond motifs is 3. The van der Waals surface area contributed by atoms with E-state index in [1.807, 2.05) is 0 Å². The lowest BCUT2D eigenvalue weighted by Gasteiger charge is -2.27. The van der Waals surface area contributed by atoms with Crippen LogP contribution in [0.25, 0.3) is 10.9 Å². The summed E-state index contributed by atoms with van der Waals surface area (Å²) in [6.07, 6.45) is -4.94. The standard InChI is InChI=1S/C24H15ClF5N5O3/c1-35-20(31)13-8-16(32-21(36)9-4-10(24(28,29)30)6-12(27)5-9)18-17(19(13)34-35)22(37)33-23(18,38)14-7-11(26)2-3-15(14)25/h2-8,38H,31H2,1H3,(H,32,36)(H,33,37). The second-order valence-electron chi connectivity index (χ2n) is 8.55. The maximum absolute atomic E-state index is 14.1. The van der Waals surface area contributed by atoms with Crippen molar-refractivity contribution in [2.24, 2.45) is 7.05 Å². The number of aryl methyl sites for hydroxylation is 1. The van der Waals surface area contributed by atoms with Gasteiger partial charge in [0.1, 0.15) is 23.0 Å².